The highest BCUT2D eigenvalue weighted by Crippen LogP contribution is 2.15. The van der Waals surface area contributed by atoms with Crippen molar-refractivity contribution in [3.05, 3.63) is 58.8 Å². The Hall–Kier alpha value is -2.08. The molecule has 0 fully saturated rings. The zero-order valence-electron chi connectivity index (χ0n) is 11.4. The van der Waals surface area contributed by atoms with Gasteiger partial charge in [0.2, 0.25) is 0 Å². The number of rotatable bonds is 6. The van der Waals surface area contributed by atoms with Gasteiger partial charge in [0.25, 0.3) is 0 Å². The Bertz CT molecular complexity index is 561. The van der Waals surface area contributed by atoms with Crippen LogP contribution in [0.4, 0.5) is 4.79 Å². The summed E-state index contributed by atoms with van der Waals surface area (Å²) in [6.45, 7) is 1.31. The number of carbonyl (C=O) groups is 1. The molecule has 2 aromatic rings. The molecular weight excluding hydrogens is 334 g/mol. The van der Waals surface area contributed by atoms with Gasteiger partial charge in [0.15, 0.2) is 0 Å². The lowest BCUT2D eigenvalue weighted by molar-refractivity contribution is 0.236. The molecule has 0 unspecified atom stereocenters. The van der Waals surface area contributed by atoms with Gasteiger partial charge in [0.1, 0.15) is 12.4 Å². The normalized spacial score (nSPS) is 9.95. The van der Waals surface area contributed by atoms with E-state index in [0.29, 0.717) is 19.7 Å². The summed E-state index contributed by atoms with van der Waals surface area (Å²) in [4.78, 5) is 15.6. The fraction of sp³-hybridized carbons (Fsp3) is 0.200. The second-order valence-corrected chi connectivity index (χ2v) is 5.19. The summed E-state index contributed by atoms with van der Waals surface area (Å²) in [6, 6.07) is 11.1. The topological polar surface area (TPSA) is 63.2 Å². The van der Waals surface area contributed by atoms with Crippen molar-refractivity contribution >= 4 is 22.0 Å². The number of halogens is 1. The molecule has 1 aromatic heterocycles. The van der Waals surface area contributed by atoms with E-state index in [1.165, 1.54) is 0 Å². The Morgan fingerprint density at radius 2 is 2.00 bits per heavy atom. The first-order valence-electron chi connectivity index (χ1n) is 6.53. The lowest BCUT2D eigenvalue weighted by Gasteiger charge is -2.09. The zero-order valence-corrected chi connectivity index (χ0v) is 13.0. The van der Waals surface area contributed by atoms with E-state index in [2.05, 4.69) is 31.5 Å². The minimum Gasteiger partial charge on any atom is -0.492 e. The van der Waals surface area contributed by atoms with Crippen molar-refractivity contribution in [2.75, 3.05) is 13.2 Å². The number of nitrogens with zero attached hydrogens (tertiary/aromatic N) is 1. The number of hydrogen-bond donors (Lipinski definition) is 2. The first-order valence-corrected chi connectivity index (χ1v) is 7.32. The fourth-order valence-corrected chi connectivity index (χ4v) is 1.88. The number of aromatic nitrogens is 1. The van der Waals surface area contributed by atoms with E-state index in [1.807, 2.05) is 36.4 Å². The van der Waals surface area contributed by atoms with Crippen LogP contribution in [0.1, 0.15) is 5.56 Å². The number of urea groups is 1. The summed E-state index contributed by atoms with van der Waals surface area (Å²) < 4.78 is 6.50. The monoisotopic (exact) mass is 349 g/mol. The predicted octanol–water partition coefficient (Wildman–Crippen LogP) is 2.72. The fourth-order valence-electron chi connectivity index (χ4n) is 1.61. The zero-order chi connectivity index (χ0) is 14.9. The van der Waals surface area contributed by atoms with Gasteiger partial charge in [-0.05, 0) is 35.9 Å². The molecule has 0 saturated heterocycles. The molecule has 1 aromatic carbocycles. The second kappa shape index (κ2) is 8.26. The quantitative estimate of drug-likeness (QED) is 0.788. The summed E-state index contributed by atoms with van der Waals surface area (Å²) >= 11 is 3.36. The van der Waals surface area contributed by atoms with Gasteiger partial charge < -0.3 is 15.4 Å². The third-order valence-electron chi connectivity index (χ3n) is 2.65. The van der Waals surface area contributed by atoms with Gasteiger partial charge in [-0.25, -0.2) is 4.79 Å². The van der Waals surface area contributed by atoms with Crippen molar-refractivity contribution in [2.45, 2.75) is 6.54 Å². The molecule has 110 valence electrons. The van der Waals surface area contributed by atoms with Crippen LogP contribution in [-0.4, -0.2) is 24.2 Å². The molecule has 0 saturated carbocycles. The van der Waals surface area contributed by atoms with Crippen LogP contribution in [0.25, 0.3) is 0 Å². The van der Waals surface area contributed by atoms with E-state index >= 15 is 0 Å². The maximum Gasteiger partial charge on any atom is 0.315 e. The number of nitrogens with one attached hydrogen (secondary N) is 2. The largest absolute Gasteiger partial charge is 0.492 e. The van der Waals surface area contributed by atoms with Crippen LogP contribution in [0.3, 0.4) is 0 Å². The highest BCUT2D eigenvalue weighted by atomic mass is 79.9. The summed E-state index contributed by atoms with van der Waals surface area (Å²) in [7, 11) is 0. The number of carbonyl (C=O) groups excluding carboxylic acids is 1. The maximum absolute atomic E-state index is 11.6. The van der Waals surface area contributed by atoms with Crippen LogP contribution in [0.15, 0.2) is 53.3 Å². The average Bonchev–Trinajstić information content (AvgIpc) is 2.52. The summed E-state index contributed by atoms with van der Waals surface area (Å²) in [5.41, 5.74) is 0.957. The van der Waals surface area contributed by atoms with E-state index in [4.69, 9.17) is 4.74 Å². The van der Waals surface area contributed by atoms with E-state index < -0.39 is 0 Å². The standard InChI is InChI=1S/C15H16BrN3O2/c16-13-3-5-14(6-4-13)21-9-8-18-15(20)19-11-12-2-1-7-17-10-12/h1-7,10H,8-9,11H2,(H2,18,19,20). The van der Waals surface area contributed by atoms with Gasteiger partial charge in [0, 0.05) is 23.4 Å². The first-order chi connectivity index (χ1) is 10.2. The van der Waals surface area contributed by atoms with Crippen molar-refractivity contribution < 1.29 is 9.53 Å². The van der Waals surface area contributed by atoms with Crippen LogP contribution in [-0.2, 0) is 6.54 Å². The summed E-state index contributed by atoms with van der Waals surface area (Å²) in [5.74, 6) is 0.774. The third kappa shape index (κ3) is 5.83. The highest BCUT2D eigenvalue weighted by Gasteiger charge is 2.00. The molecule has 0 bridgehead atoms. The molecule has 2 amide bonds. The second-order valence-electron chi connectivity index (χ2n) is 4.27. The Morgan fingerprint density at radius 3 is 2.71 bits per heavy atom. The number of benzene rings is 1. The predicted molar refractivity (Wildman–Crippen MR) is 84.1 cm³/mol. The minimum atomic E-state index is -0.224. The van der Waals surface area contributed by atoms with Crippen LogP contribution in [0.2, 0.25) is 0 Å². The highest BCUT2D eigenvalue weighted by molar-refractivity contribution is 9.10. The molecule has 5 nitrogen and oxygen atoms in total. The van der Waals surface area contributed by atoms with Crippen molar-refractivity contribution in [3.8, 4) is 5.75 Å². The SMILES string of the molecule is O=C(NCCOc1ccc(Br)cc1)NCc1cccnc1. The van der Waals surface area contributed by atoms with E-state index in [1.54, 1.807) is 12.4 Å². The van der Waals surface area contributed by atoms with Gasteiger partial charge in [-0.15, -0.1) is 0 Å². The smallest absolute Gasteiger partial charge is 0.315 e. The van der Waals surface area contributed by atoms with Crippen LogP contribution in [0.5, 0.6) is 5.75 Å². The van der Waals surface area contributed by atoms with Crippen LogP contribution in [0, 0.1) is 0 Å². The molecule has 0 atom stereocenters. The van der Waals surface area contributed by atoms with E-state index in [9.17, 15) is 4.79 Å². The lowest BCUT2D eigenvalue weighted by atomic mass is 10.3. The average molecular weight is 350 g/mol. The van der Waals surface area contributed by atoms with E-state index in [-0.39, 0.29) is 6.03 Å². The number of ether oxygens (including phenoxy) is 1. The molecule has 2 rings (SSSR count). The van der Waals surface area contributed by atoms with Crippen molar-refractivity contribution in [2.24, 2.45) is 0 Å². The summed E-state index contributed by atoms with van der Waals surface area (Å²) in [6.07, 6.45) is 3.42. The molecule has 6 heteroatoms. The molecule has 2 N–H and O–H groups in total. The molecule has 0 radical (unpaired) electrons. The van der Waals surface area contributed by atoms with E-state index in [0.717, 1.165) is 15.8 Å². The number of amides is 2. The molecular formula is C15H16BrN3O2. The van der Waals surface area contributed by atoms with Crippen LogP contribution >= 0.6 is 15.9 Å². The molecule has 21 heavy (non-hydrogen) atoms. The minimum absolute atomic E-state index is 0.224. The van der Waals surface area contributed by atoms with Gasteiger partial charge in [-0.2, -0.15) is 0 Å². The summed E-state index contributed by atoms with van der Waals surface area (Å²) in [5, 5.41) is 5.48. The van der Waals surface area contributed by atoms with Crippen molar-refractivity contribution in [1.29, 1.82) is 0 Å². The van der Waals surface area contributed by atoms with Crippen LogP contribution < -0.4 is 15.4 Å². The molecule has 0 aliphatic carbocycles. The Kier molecular flexibility index (Phi) is 6.02. The van der Waals surface area contributed by atoms with Gasteiger partial charge in [-0.1, -0.05) is 22.0 Å². The Balaban J connectivity index is 1.60. The number of pyridine rings is 1. The molecule has 0 aliphatic heterocycles. The Labute approximate surface area is 131 Å². The van der Waals surface area contributed by atoms with Gasteiger partial charge >= 0.3 is 6.03 Å². The lowest BCUT2D eigenvalue weighted by Crippen LogP contribution is -2.37. The third-order valence-corrected chi connectivity index (χ3v) is 3.17. The molecule has 0 aliphatic rings. The van der Waals surface area contributed by atoms with Crippen molar-refractivity contribution in [1.82, 2.24) is 15.6 Å². The number of hydrogen-bond acceptors (Lipinski definition) is 3. The van der Waals surface area contributed by atoms with Crippen molar-refractivity contribution in [3.63, 3.8) is 0 Å². The van der Waals surface area contributed by atoms with Gasteiger partial charge in [0.05, 0.1) is 6.54 Å². The molecule has 1 heterocycles. The maximum atomic E-state index is 11.6. The first kappa shape index (κ1) is 15.3. The Morgan fingerprint density at radius 1 is 1.19 bits per heavy atom. The van der Waals surface area contributed by atoms with Gasteiger partial charge in [-0.3, -0.25) is 4.98 Å². The molecule has 0 spiro atoms.